The molecule has 1 aromatic carbocycles. The molecule has 2 rings (SSSR count). The van der Waals surface area contributed by atoms with E-state index in [0.29, 0.717) is 6.04 Å². The maximum Gasteiger partial charge on any atom is 0.0525 e. The highest BCUT2D eigenvalue weighted by molar-refractivity contribution is 7.09. The number of thiophene rings is 1. The Kier molecular flexibility index (Phi) is 5.21. The van der Waals surface area contributed by atoms with E-state index in [2.05, 4.69) is 67.4 Å². The molecule has 0 radical (unpaired) electrons. The summed E-state index contributed by atoms with van der Waals surface area (Å²) in [6.07, 6.45) is 0.960. The Morgan fingerprint density at radius 3 is 2.50 bits per heavy atom. The Morgan fingerprint density at radius 1 is 1.15 bits per heavy atom. The first-order valence-electron chi connectivity index (χ1n) is 7.27. The number of nitrogens with zero attached hydrogens (tertiary/aromatic N) is 1. The van der Waals surface area contributed by atoms with Crippen molar-refractivity contribution >= 4 is 17.0 Å². The minimum absolute atomic E-state index is 0.107. The van der Waals surface area contributed by atoms with Crippen molar-refractivity contribution in [2.45, 2.75) is 45.8 Å². The average molecular weight is 288 g/mol. The highest BCUT2D eigenvalue weighted by Crippen LogP contribution is 2.30. The summed E-state index contributed by atoms with van der Waals surface area (Å²) in [4.78, 5) is 3.83. The predicted octanol–water partition coefficient (Wildman–Crippen LogP) is 4.57. The van der Waals surface area contributed by atoms with E-state index in [1.165, 1.54) is 16.1 Å². The van der Waals surface area contributed by atoms with Crippen molar-refractivity contribution in [2.75, 3.05) is 4.90 Å². The van der Waals surface area contributed by atoms with Gasteiger partial charge in [0.25, 0.3) is 0 Å². The summed E-state index contributed by atoms with van der Waals surface area (Å²) in [6.45, 7) is 7.56. The maximum absolute atomic E-state index is 6.28. The molecule has 0 aliphatic rings. The molecular formula is C17H24N2S. The maximum atomic E-state index is 6.28. The van der Waals surface area contributed by atoms with Crippen LogP contribution in [0.1, 0.15) is 43.7 Å². The molecule has 1 aromatic heterocycles. The van der Waals surface area contributed by atoms with Crippen LogP contribution in [0.15, 0.2) is 41.8 Å². The van der Waals surface area contributed by atoms with E-state index in [9.17, 15) is 0 Å². The van der Waals surface area contributed by atoms with E-state index < -0.39 is 0 Å². The molecule has 108 valence electrons. The Balaban J connectivity index is 2.34. The van der Waals surface area contributed by atoms with Gasteiger partial charge in [0, 0.05) is 22.6 Å². The van der Waals surface area contributed by atoms with Crippen molar-refractivity contribution < 1.29 is 0 Å². The molecule has 2 N–H and O–H groups in total. The van der Waals surface area contributed by atoms with Crippen LogP contribution in [-0.2, 0) is 6.54 Å². The molecule has 3 heteroatoms. The van der Waals surface area contributed by atoms with Crippen LogP contribution in [0.3, 0.4) is 0 Å². The van der Waals surface area contributed by atoms with Crippen LogP contribution in [0.25, 0.3) is 0 Å². The second-order valence-electron chi connectivity index (χ2n) is 5.37. The van der Waals surface area contributed by atoms with Crippen LogP contribution >= 0.6 is 11.3 Å². The van der Waals surface area contributed by atoms with Gasteiger partial charge in [0.15, 0.2) is 0 Å². The summed E-state index contributed by atoms with van der Waals surface area (Å²) >= 11 is 1.81. The number of hydrogen-bond donors (Lipinski definition) is 1. The van der Waals surface area contributed by atoms with Crippen molar-refractivity contribution in [3.05, 3.63) is 52.2 Å². The average Bonchev–Trinajstić information content (AvgIpc) is 2.96. The van der Waals surface area contributed by atoms with Crippen molar-refractivity contribution in [2.24, 2.45) is 5.73 Å². The molecule has 1 heterocycles. The zero-order valence-corrected chi connectivity index (χ0v) is 13.4. The predicted molar refractivity (Wildman–Crippen MR) is 89.3 cm³/mol. The Hall–Kier alpha value is -1.32. The normalized spacial score (nSPS) is 12.7. The third kappa shape index (κ3) is 3.41. The van der Waals surface area contributed by atoms with Crippen molar-refractivity contribution in [1.82, 2.24) is 0 Å². The van der Waals surface area contributed by atoms with Crippen LogP contribution in [0.2, 0.25) is 0 Å². The molecule has 2 nitrogen and oxygen atoms in total. The fraction of sp³-hybridized carbons (Fsp3) is 0.412. The van der Waals surface area contributed by atoms with Gasteiger partial charge in [0.05, 0.1) is 6.54 Å². The molecule has 1 atom stereocenters. The van der Waals surface area contributed by atoms with Crippen LogP contribution in [0.4, 0.5) is 5.69 Å². The second kappa shape index (κ2) is 6.91. The lowest BCUT2D eigenvalue weighted by atomic mass is 10.0. The largest absolute Gasteiger partial charge is 0.364 e. The van der Waals surface area contributed by atoms with E-state index in [0.717, 1.165) is 13.0 Å². The van der Waals surface area contributed by atoms with Crippen LogP contribution in [-0.4, -0.2) is 6.04 Å². The zero-order valence-electron chi connectivity index (χ0n) is 12.5. The van der Waals surface area contributed by atoms with Gasteiger partial charge in [-0.25, -0.2) is 0 Å². The molecule has 0 saturated carbocycles. The first-order chi connectivity index (χ1) is 9.63. The molecule has 0 aliphatic heterocycles. The molecule has 1 unspecified atom stereocenters. The van der Waals surface area contributed by atoms with Gasteiger partial charge in [-0.1, -0.05) is 31.2 Å². The number of hydrogen-bond acceptors (Lipinski definition) is 3. The highest BCUT2D eigenvalue weighted by Gasteiger charge is 2.17. The van der Waals surface area contributed by atoms with Gasteiger partial charge >= 0.3 is 0 Å². The number of para-hydroxylation sites is 1. The summed E-state index contributed by atoms with van der Waals surface area (Å²) in [5.41, 5.74) is 8.80. The van der Waals surface area contributed by atoms with Gasteiger partial charge in [-0.05, 0) is 43.3 Å². The molecule has 0 saturated heterocycles. The van der Waals surface area contributed by atoms with E-state index in [4.69, 9.17) is 5.73 Å². The van der Waals surface area contributed by atoms with Gasteiger partial charge in [-0.2, -0.15) is 0 Å². The lowest BCUT2D eigenvalue weighted by Crippen LogP contribution is -2.31. The standard InChI is InChI=1S/C17H24N2S/c1-4-16(18)15-9-5-6-10-17(15)19(13(2)3)12-14-8-7-11-20-14/h5-11,13,16H,4,12,18H2,1-3H3. The molecule has 0 bridgehead atoms. The van der Waals surface area contributed by atoms with Gasteiger partial charge < -0.3 is 10.6 Å². The van der Waals surface area contributed by atoms with E-state index >= 15 is 0 Å². The van der Waals surface area contributed by atoms with Crippen molar-refractivity contribution in [1.29, 1.82) is 0 Å². The summed E-state index contributed by atoms with van der Waals surface area (Å²) in [5, 5.41) is 2.14. The minimum atomic E-state index is 0.107. The zero-order chi connectivity index (χ0) is 14.5. The van der Waals surface area contributed by atoms with E-state index in [1.807, 2.05) is 11.3 Å². The summed E-state index contributed by atoms with van der Waals surface area (Å²) in [5.74, 6) is 0. The van der Waals surface area contributed by atoms with Gasteiger partial charge in [-0.3, -0.25) is 0 Å². The smallest absolute Gasteiger partial charge is 0.0525 e. The molecule has 0 spiro atoms. The monoisotopic (exact) mass is 288 g/mol. The third-order valence-electron chi connectivity index (χ3n) is 3.62. The second-order valence-corrected chi connectivity index (χ2v) is 6.41. The lowest BCUT2D eigenvalue weighted by molar-refractivity contribution is 0.657. The Morgan fingerprint density at radius 2 is 1.90 bits per heavy atom. The molecule has 20 heavy (non-hydrogen) atoms. The SMILES string of the molecule is CCC(N)c1ccccc1N(Cc1cccs1)C(C)C. The fourth-order valence-electron chi connectivity index (χ4n) is 2.40. The molecule has 0 amide bonds. The summed E-state index contributed by atoms with van der Waals surface area (Å²) < 4.78 is 0. The highest BCUT2D eigenvalue weighted by atomic mass is 32.1. The van der Waals surface area contributed by atoms with Crippen LogP contribution in [0, 0.1) is 0 Å². The minimum Gasteiger partial charge on any atom is -0.364 e. The Bertz CT molecular complexity index is 520. The van der Waals surface area contributed by atoms with Crippen molar-refractivity contribution in [3.8, 4) is 0 Å². The number of anilines is 1. The quantitative estimate of drug-likeness (QED) is 0.843. The molecular weight excluding hydrogens is 264 g/mol. The Labute approximate surface area is 126 Å². The summed E-state index contributed by atoms with van der Waals surface area (Å²) in [7, 11) is 0. The van der Waals surface area contributed by atoms with Gasteiger partial charge in [-0.15, -0.1) is 11.3 Å². The van der Waals surface area contributed by atoms with E-state index in [-0.39, 0.29) is 6.04 Å². The number of rotatable bonds is 6. The fourth-order valence-corrected chi connectivity index (χ4v) is 3.10. The van der Waals surface area contributed by atoms with Gasteiger partial charge in [0.2, 0.25) is 0 Å². The van der Waals surface area contributed by atoms with Crippen LogP contribution in [0.5, 0.6) is 0 Å². The topological polar surface area (TPSA) is 29.3 Å². The molecule has 0 aliphatic carbocycles. The van der Waals surface area contributed by atoms with Crippen molar-refractivity contribution in [3.63, 3.8) is 0 Å². The molecule has 2 aromatic rings. The summed E-state index contributed by atoms with van der Waals surface area (Å²) in [6, 6.07) is 13.4. The lowest BCUT2D eigenvalue weighted by Gasteiger charge is -2.31. The third-order valence-corrected chi connectivity index (χ3v) is 4.48. The van der Waals surface area contributed by atoms with Crippen LogP contribution < -0.4 is 10.6 Å². The number of nitrogens with two attached hydrogens (primary N) is 1. The van der Waals surface area contributed by atoms with E-state index in [1.54, 1.807) is 0 Å². The van der Waals surface area contributed by atoms with Gasteiger partial charge in [0.1, 0.15) is 0 Å². The molecule has 0 fully saturated rings. The first kappa shape index (κ1) is 15.1. The first-order valence-corrected chi connectivity index (χ1v) is 8.15. The number of benzene rings is 1.